The van der Waals surface area contributed by atoms with Gasteiger partial charge in [-0.3, -0.25) is 0 Å². The minimum Gasteiger partial charge on any atom is -0.0989 e. The van der Waals surface area contributed by atoms with Crippen LogP contribution in [0.3, 0.4) is 0 Å². The van der Waals surface area contributed by atoms with Crippen LogP contribution in [0, 0.1) is 0 Å². The Balaban J connectivity index is 2.91. The topological polar surface area (TPSA) is 0 Å². The summed E-state index contributed by atoms with van der Waals surface area (Å²) in [7, 11) is 5.30. The highest BCUT2D eigenvalue weighted by molar-refractivity contribution is 9.23. The fraction of sp³-hybridized carbons (Fsp3) is 1.00. The maximum Gasteiger partial charge on any atom is 0.00454 e. The standard InChI is InChI=1S/C18H38S4/c1-2-3-4-5-6-7-8-9-10-11-12-13-14-15-16-17-18-20-22-21-19/h19H,2-18H2,1H3. The fourth-order valence-electron chi connectivity index (χ4n) is 2.76. The molecule has 0 saturated carbocycles. The highest BCUT2D eigenvalue weighted by Gasteiger charge is 1.95. The van der Waals surface area contributed by atoms with Crippen molar-refractivity contribution in [1.29, 1.82) is 0 Å². The molecule has 0 bridgehead atoms. The summed E-state index contributed by atoms with van der Waals surface area (Å²) >= 11 is 4.11. The number of rotatable bonds is 19. The van der Waals surface area contributed by atoms with Crippen LogP contribution in [0.2, 0.25) is 0 Å². The third-order valence-electron chi connectivity index (χ3n) is 4.16. The summed E-state index contributed by atoms with van der Waals surface area (Å²) < 4.78 is 0. The van der Waals surface area contributed by atoms with Crippen molar-refractivity contribution in [2.75, 3.05) is 5.75 Å². The highest BCUT2D eigenvalue weighted by atomic mass is 33.7. The van der Waals surface area contributed by atoms with Gasteiger partial charge in [0.05, 0.1) is 0 Å². The normalized spacial score (nSPS) is 11.2. The molecular weight excluding hydrogens is 344 g/mol. The molecule has 0 fully saturated rings. The SMILES string of the molecule is CCCCCCCCCCCCCCCCCCSSSS. The molecule has 0 unspecified atom stereocenters. The van der Waals surface area contributed by atoms with Gasteiger partial charge in [0.2, 0.25) is 0 Å². The smallest absolute Gasteiger partial charge is 0.00454 e. The largest absolute Gasteiger partial charge is 0.0989 e. The van der Waals surface area contributed by atoms with E-state index < -0.39 is 0 Å². The van der Waals surface area contributed by atoms with Crippen LogP contribution in [-0.2, 0) is 0 Å². The first-order chi connectivity index (χ1) is 10.9. The van der Waals surface area contributed by atoms with E-state index in [-0.39, 0.29) is 0 Å². The summed E-state index contributed by atoms with van der Waals surface area (Å²) in [4.78, 5) is 0. The molecule has 0 aliphatic heterocycles. The Morgan fingerprint density at radius 1 is 0.545 bits per heavy atom. The van der Waals surface area contributed by atoms with E-state index in [0.29, 0.717) is 0 Å². The van der Waals surface area contributed by atoms with Crippen LogP contribution >= 0.6 is 42.1 Å². The van der Waals surface area contributed by atoms with Gasteiger partial charge in [-0.05, 0) is 26.1 Å². The van der Waals surface area contributed by atoms with Crippen LogP contribution in [0.25, 0.3) is 0 Å². The minimum atomic E-state index is 1.29. The summed E-state index contributed by atoms with van der Waals surface area (Å²) in [6, 6.07) is 0. The zero-order valence-corrected chi connectivity index (χ0v) is 18.0. The molecule has 0 aromatic heterocycles. The highest BCUT2D eigenvalue weighted by Crippen LogP contribution is 2.37. The Bertz CT molecular complexity index is 168. The number of hydrogen-bond acceptors (Lipinski definition) is 4. The minimum absolute atomic E-state index is 1.29. The molecule has 134 valence electrons. The molecular formula is C18H38S4. The van der Waals surface area contributed by atoms with Crippen molar-refractivity contribution < 1.29 is 0 Å². The summed E-state index contributed by atoms with van der Waals surface area (Å²) in [5.74, 6) is 1.29. The molecule has 0 aromatic rings. The molecule has 0 amide bonds. The number of thiol groups is 1. The van der Waals surface area contributed by atoms with E-state index in [9.17, 15) is 0 Å². The first kappa shape index (κ1) is 23.4. The van der Waals surface area contributed by atoms with E-state index in [1.54, 1.807) is 19.7 Å². The average molecular weight is 383 g/mol. The third-order valence-corrected chi connectivity index (χ3v) is 8.80. The Hall–Kier alpha value is 1.40. The van der Waals surface area contributed by atoms with Gasteiger partial charge in [-0.25, -0.2) is 0 Å². The molecule has 0 spiro atoms. The molecule has 0 nitrogen and oxygen atoms in total. The van der Waals surface area contributed by atoms with Crippen molar-refractivity contribution in [2.45, 2.75) is 110 Å². The predicted octanol–water partition coefficient (Wildman–Crippen LogP) is 9.12. The van der Waals surface area contributed by atoms with Crippen LogP contribution in [0.15, 0.2) is 0 Å². The summed E-state index contributed by atoms with van der Waals surface area (Å²) in [5, 5.41) is 0. The van der Waals surface area contributed by atoms with E-state index in [0.717, 1.165) is 0 Å². The zero-order chi connectivity index (χ0) is 16.1. The molecule has 0 rings (SSSR count). The Morgan fingerprint density at radius 3 is 1.27 bits per heavy atom. The second-order valence-corrected chi connectivity index (χ2v) is 11.3. The summed E-state index contributed by atoms with van der Waals surface area (Å²) in [6.45, 7) is 2.29. The third kappa shape index (κ3) is 21.4. The van der Waals surface area contributed by atoms with Crippen molar-refractivity contribution in [3.8, 4) is 0 Å². The van der Waals surface area contributed by atoms with Crippen LogP contribution in [0.1, 0.15) is 110 Å². The van der Waals surface area contributed by atoms with Gasteiger partial charge in [-0.2, -0.15) is 0 Å². The number of hydrogen-bond donors (Lipinski definition) is 1. The maximum atomic E-state index is 4.11. The molecule has 0 atom stereocenters. The predicted molar refractivity (Wildman–Crippen MR) is 116 cm³/mol. The second kappa shape index (κ2) is 22.4. The summed E-state index contributed by atoms with van der Waals surface area (Å²) in [5.41, 5.74) is 0. The molecule has 0 aliphatic rings. The van der Waals surface area contributed by atoms with Crippen LogP contribution in [0.4, 0.5) is 0 Å². The molecule has 22 heavy (non-hydrogen) atoms. The van der Waals surface area contributed by atoms with Crippen molar-refractivity contribution >= 4 is 42.1 Å². The van der Waals surface area contributed by atoms with Gasteiger partial charge in [0, 0.05) is 5.75 Å². The van der Waals surface area contributed by atoms with Gasteiger partial charge in [0.15, 0.2) is 0 Å². The van der Waals surface area contributed by atoms with Crippen LogP contribution in [-0.4, -0.2) is 5.75 Å². The van der Waals surface area contributed by atoms with Crippen molar-refractivity contribution in [3.63, 3.8) is 0 Å². The molecule has 0 aromatic carbocycles. The van der Waals surface area contributed by atoms with Gasteiger partial charge >= 0.3 is 0 Å². The summed E-state index contributed by atoms with van der Waals surface area (Å²) in [6.07, 6.45) is 23.2. The zero-order valence-electron chi connectivity index (χ0n) is 14.7. The molecule has 0 aliphatic carbocycles. The van der Waals surface area contributed by atoms with Crippen LogP contribution in [0.5, 0.6) is 0 Å². The maximum absolute atomic E-state index is 4.11. The first-order valence-corrected chi connectivity index (χ1v) is 14.2. The molecule has 4 heteroatoms. The van der Waals surface area contributed by atoms with Crippen molar-refractivity contribution in [2.24, 2.45) is 0 Å². The first-order valence-electron chi connectivity index (χ1n) is 9.51. The quantitative estimate of drug-likeness (QED) is 0.134. The van der Waals surface area contributed by atoms with Gasteiger partial charge in [0.25, 0.3) is 0 Å². The van der Waals surface area contributed by atoms with Gasteiger partial charge in [-0.15, -0.1) is 0 Å². The fourth-order valence-corrected chi connectivity index (χ4v) is 6.05. The van der Waals surface area contributed by atoms with E-state index >= 15 is 0 Å². The van der Waals surface area contributed by atoms with Crippen molar-refractivity contribution in [3.05, 3.63) is 0 Å². The van der Waals surface area contributed by atoms with E-state index in [1.807, 2.05) is 10.8 Å². The van der Waals surface area contributed by atoms with Gasteiger partial charge in [-0.1, -0.05) is 126 Å². The lowest BCUT2D eigenvalue weighted by Gasteiger charge is -2.03. The van der Waals surface area contributed by atoms with E-state index in [4.69, 9.17) is 0 Å². The molecule has 0 saturated heterocycles. The number of unbranched alkanes of at least 4 members (excludes halogenated alkanes) is 15. The molecule has 0 heterocycles. The van der Waals surface area contributed by atoms with Gasteiger partial charge in [0.1, 0.15) is 0 Å². The monoisotopic (exact) mass is 382 g/mol. The lowest BCUT2D eigenvalue weighted by atomic mass is 10.0. The van der Waals surface area contributed by atoms with Crippen LogP contribution < -0.4 is 0 Å². The average Bonchev–Trinajstić information content (AvgIpc) is 2.54. The lowest BCUT2D eigenvalue weighted by molar-refractivity contribution is 0.532. The van der Waals surface area contributed by atoms with E-state index in [2.05, 4.69) is 18.6 Å². The Kier molecular flexibility index (Phi) is 23.8. The van der Waals surface area contributed by atoms with Crippen molar-refractivity contribution in [1.82, 2.24) is 0 Å². The molecule has 0 N–H and O–H groups in total. The van der Waals surface area contributed by atoms with E-state index in [1.165, 1.54) is 108 Å². The second-order valence-electron chi connectivity index (χ2n) is 6.27. The lowest BCUT2D eigenvalue weighted by Crippen LogP contribution is -1.84. The molecule has 0 radical (unpaired) electrons. The Morgan fingerprint density at radius 2 is 0.909 bits per heavy atom. The Labute approximate surface area is 157 Å². The van der Waals surface area contributed by atoms with Gasteiger partial charge < -0.3 is 0 Å².